The molecule has 0 fully saturated rings. The summed E-state index contributed by atoms with van der Waals surface area (Å²) in [5.74, 6) is -5.02. The SMILES string of the molecule is O=C(Oc1cc(Cl)ccc1C(=O)OCC(Cl)CCCl)C(=O)Oc1cc(Cl)ccc1C(=O)OCC(Cl)CCCl. The number of esters is 4. The van der Waals surface area contributed by atoms with Crippen molar-refractivity contribution in [2.45, 2.75) is 23.6 Å². The van der Waals surface area contributed by atoms with Crippen LogP contribution in [-0.2, 0) is 19.1 Å². The molecule has 0 saturated carbocycles. The maximum Gasteiger partial charge on any atom is 0.423 e. The first-order chi connectivity index (χ1) is 18.0. The quantitative estimate of drug-likeness (QED) is 0.114. The molecule has 0 aromatic heterocycles. The molecule has 0 bridgehead atoms. The average Bonchev–Trinajstić information content (AvgIpc) is 2.86. The fourth-order valence-corrected chi connectivity index (χ4v) is 4.09. The van der Waals surface area contributed by atoms with Gasteiger partial charge in [0.1, 0.15) is 35.8 Å². The van der Waals surface area contributed by atoms with Crippen LogP contribution in [0.25, 0.3) is 0 Å². The normalized spacial score (nSPS) is 12.3. The fourth-order valence-electron chi connectivity index (χ4n) is 2.67. The van der Waals surface area contributed by atoms with Gasteiger partial charge in [0.2, 0.25) is 0 Å². The Labute approximate surface area is 248 Å². The van der Waals surface area contributed by atoms with E-state index in [1.165, 1.54) is 24.3 Å². The van der Waals surface area contributed by atoms with Crippen LogP contribution in [0.5, 0.6) is 11.5 Å². The van der Waals surface area contributed by atoms with Crippen LogP contribution in [0, 0.1) is 0 Å². The Morgan fingerprint density at radius 3 is 1.37 bits per heavy atom. The third-order valence-corrected chi connectivity index (χ3v) is 6.13. The number of rotatable bonds is 12. The predicted molar refractivity (Wildman–Crippen MR) is 145 cm³/mol. The molecule has 2 aromatic rings. The average molecular weight is 649 g/mol. The number of hydrogen-bond acceptors (Lipinski definition) is 8. The van der Waals surface area contributed by atoms with E-state index in [4.69, 9.17) is 88.6 Å². The summed E-state index contributed by atoms with van der Waals surface area (Å²) in [7, 11) is 0. The second-order valence-corrected chi connectivity index (χ2v) is 10.3. The minimum absolute atomic E-state index is 0.0988. The fraction of sp³-hybridized carbons (Fsp3) is 0.333. The monoisotopic (exact) mass is 646 g/mol. The molecule has 2 aromatic carbocycles. The molecule has 0 saturated heterocycles. The van der Waals surface area contributed by atoms with E-state index in [-0.39, 0.29) is 57.6 Å². The van der Waals surface area contributed by atoms with Gasteiger partial charge >= 0.3 is 23.9 Å². The van der Waals surface area contributed by atoms with Gasteiger partial charge in [0.15, 0.2) is 0 Å². The molecule has 0 spiro atoms. The maximum absolute atomic E-state index is 12.5. The van der Waals surface area contributed by atoms with Gasteiger partial charge in [-0.2, -0.15) is 0 Å². The molecule has 0 heterocycles. The molecule has 2 atom stereocenters. The molecule has 0 radical (unpaired) electrons. The highest BCUT2D eigenvalue weighted by Gasteiger charge is 2.26. The topological polar surface area (TPSA) is 105 Å². The van der Waals surface area contributed by atoms with Crippen molar-refractivity contribution in [3.05, 3.63) is 57.6 Å². The number of hydrogen-bond donors (Lipinski definition) is 0. The van der Waals surface area contributed by atoms with Crippen molar-refractivity contribution in [2.24, 2.45) is 0 Å². The Balaban J connectivity index is 2.15. The highest BCUT2D eigenvalue weighted by Crippen LogP contribution is 2.27. The summed E-state index contributed by atoms with van der Waals surface area (Å²) in [6.45, 7) is -0.315. The zero-order valence-corrected chi connectivity index (χ0v) is 23.9. The van der Waals surface area contributed by atoms with Crippen LogP contribution in [0.15, 0.2) is 36.4 Å². The third kappa shape index (κ3) is 10.3. The Hall–Kier alpha value is -1.94. The van der Waals surface area contributed by atoms with E-state index in [1.807, 2.05) is 0 Å². The Bertz CT molecular complexity index is 1070. The van der Waals surface area contributed by atoms with Crippen LogP contribution in [0.4, 0.5) is 0 Å². The lowest BCUT2D eigenvalue weighted by molar-refractivity contribution is -0.156. The number of halogens is 6. The van der Waals surface area contributed by atoms with Crippen molar-refractivity contribution >= 4 is 93.5 Å². The molecule has 0 aliphatic carbocycles. The van der Waals surface area contributed by atoms with Gasteiger partial charge in [0.05, 0.1) is 10.8 Å². The van der Waals surface area contributed by atoms with E-state index in [1.54, 1.807) is 0 Å². The molecule has 0 amide bonds. The summed E-state index contributed by atoms with van der Waals surface area (Å²) in [4.78, 5) is 50.0. The number of carbonyl (C=O) groups is 4. The summed E-state index contributed by atoms with van der Waals surface area (Å²) in [5.41, 5.74) is -0.408. The molecule has 2 unspecified atom stereocenters. The second-order valence-electron chi connectivity index (χ2n) is 7.41. The molecule has 206 valence electrons. The van der Waals surface area contributed by atoms with Crippen molar-refractivity contribution in [3.8, 4) is 11.5 Å². The van der Waals surface area contributed by atoms with Gasteiger partial charge in [-0.25, -0.2) is 19.2 Å². The van der Waals surface area contributed by atoms with Crippen molar-refractivity contribution in [2.75, 3.05) is 25.0 Å². The molecular formula is C24H20Cl6O8. The van der Waals surface area contributed by atoms with Crippen LogP contribution >= 0.6 is 69.6 Å². The van der Waals surface area contributed by atoms with Gasteiger partial charge in [-0.3, -0.25) is 0 Å². The third-order valence-electron chi connectivity index (χ3n) is 4.53. The second kappa shape index (κ2) is 16.2. The Morgan fingerprint density at radius 2 is 1.03 bits per heavy atom. The molecule has 38 heavy (non-hydrogen) atoms. The zero-order valence-electron chi connectivity index (χ0n) is 19.4. The summed E-state index contributed by atoms with van der Waals surface area (Å²) < 4.78 is 20.3. The van der Waals surface area contributed by atoms with Gasteiger partial charge in [-0.15, -0.1) is 46.4 Å². The van der Waals surface area contributed by atoms with Gasteiger partial charge in [-0.1, -0.05) is 23.2 Å². The minimum Gasteiger partial charge on any atom is -0.460 e. The number of benzene rings is 2. The zero-order chi connectivity index (χ0) is 28.2. The molecule has 2 rings (SSSR count). The van der Waals surface area contributed by atoms with Crippen molar-refractivity contribution in [3.63, 3.8) is 0 Å². The summed E-state index contributed by atoms with van der Waals surface area (Å²) in [6.07, 6.45) is 0.785. The minimum atomic E-state index is -1.53. The van der Waals surface area contributed by atoms with E-state index in [0.717, 1.165) is 12.1 Å². The molecule has 14 heteroatoms. The van der Waals surface area contributed by atoms with Crippen LogP contribution in [0.3, 0.4) is 0 Å². The maximum atomic E-state index is 12.5. The van der Waals surface area contributed by atoms with E-state index in [0.29, 0.717) is 12.8 Å². The summed E-state index contributed by atoms with van der Waals surface area (Å²) in [5, 5.41) is -0.860. The molecule has 0 N–H and O–H groups in total. The summed E-state index contributed by atoms with van der Waals surface area (Å²) >= 11 is 35.1. The van der Waals surface area contributed by atoms with Gasteiger partial charge in [0, 0.05) is 33.9 Å². The molecule has 0 aliphatic rings. The highest BCUT2D eigenvalue weighted by atomic mass is 35.5. The number of ether oxygens (including phenoxy) is 4. The largest absolute Gasteiger partial charge is 0.460 e. The first-order valence-corrected chi connectivity index (χ1v) is 13.5. The lowest BCUT2D eigenvalue weighted by atomic mass is 10.2. The van der Waals surface area contributed by atoms with Gasteiger partial charge in [-0.05, 0) is 37.1 Å². The smallest absolute Gasteiger partial charge is 0.423 e. The van der Waals surface area contributed by atoms with Crippen molar-refractivity contribution in [1.82, 2.24) is 0 Å². The van der Waals surface area contributed by atoms with E-state index < -0.39 is 34.6 Å². The highest BCUT2D eigenvalue weighted by molar-refractivity contribution is 6.33. The Morgan fingerprint density at radius 1 is 0.658 bits per heavy atom. The number of carbonyl (C=O) groups excluding carboxylic acids is 4. The van der Waals surface area contributed by atoms with E-state index >= 15 is 0 Å². The van der Waals surface area contributed by atoms with Crippen molar-refractivity contribution < 1.29 is 38.1 Å². The first kappa shape index (κ1) is 32.3. The van der Waals surface area contributed by atoms with Crippen LogP contribution < -0.4 is 9.47 Å². The Kier molecular flexibility index (Phi) is 13.8. The van der Waals surface area contributed by atoms with Crippen LogP contribution in [-0.4, -0.2) is 59.6 Å². The lowest BCUT2D eigenvalue weighted by Gasteiger charge is -2.13. The molecule has 0 aliphatic heterocycles. The molecular weight excluding hydrogens is 629 g/mol. The van der Waals surface area contributed by atoms with Gasteiger partial charge in [0.25, 0.3) is 0 Å². The first-order valence-electron chi connectivity index (χ1n) is 10.8. The predicted octanol–water partition coefficient (Wildman–Crippen LogP) is 6.29. The number of alkyl halides is 4. The standard InChI is InChI=1S/C24H20Cl6O8/c25-7-5-15(29)11-35-21(31)17-3-1-13(27)9-19(17)37-23(33)24(34)38-20-10-14(28)2-4-18(20)22(32)36-12-16(30)6-8-26/h1-4,9-10,15-16H,5-8,11-12H2. The van der Waals surface area contributed by atoms with Crippen LogP contribution in [0.1, 0.15) is 33.6 Å². The molecule has 8 nitrogen and oxygen atoms in total. The lowest BCUT2D eigenvalue weighted by Crippen LogP contribution is -2.27. The van der Waals surface area contributed by atoms with Crippen LogP contribution in [0.2, 0.25) is 10.0 Å². The van der Waals surface area contributed by atoms with Gasteiger partial charge < -0.3 is 18.9 Å². The van der Waals surface area contributed by atoms with E-state index in [9.17, 15) is 19.2 Å². The van der Waals surface area contributed by atoms with E-state index in [2.05, 4.69) is 0 Å². The summed E-state index contributed by atoms with van der Waals surface area (Å²) in [6, 6.07) is 7.45. The van der Waals surface area contributed by atoms with Crippen molar-refractivity contribution in [1.29, 1.82) is 0 Å².